The van der Waals surface area contributed by atoms with Crippen molar-refractivity contribution >= 4 is 23.0 Å². The van der Waals surface area contributed by atoms with E-state index in [-0.39, 0.29) is 12.1 Å². The summed E-state index contributed by atoms with van der Waals surface area (Å²) in [5.74, 6) is 0.962. The Balaban J connectivity index is 1.69. The summed E-state index contributed by atoms with van der Waals surface area (Å²) in [6, 6.07) is 20.8. The summed E-state index contributed by atoms with van der Waals surface area (Å²) in [4.78, 5) is 11.6. The monoisotopic (exact) mass is 453 g/mol. The number of anilines is 1. The molecule has 5 rings (SSSR count). The molecular weight excluding hydrogens is 426 g/mol. The average molecular weight is 454 g/mol. The van der Waals surface area contributed by atoms with Crippen LogP contribution in [0.2, 0.25) is 0 Å². The summed E-state index contributed by atoms with van der Waals surface area (Å²) in [6.45, 7) is 8.50. The van der Waals surface area contributed by atoms with Crippen molar-refractivity contribution in [2.75, 3.05) is 4.90 Å². The second kappa shape index (κ2) is 8.45. The van der Waals surface area contributed by atoms with Gasteiger partial charge in [-0.2, -0.15) is 0 Å². The van der Waals surface area contributed by atoms with Crippen LogP contribution in [0.25, 0.3) is 5.82 Å². The largest absolute Gasteiger partial charge is 0.351 e. The highest BCUT2D eigenvalue weighted by Crippen LogP contribution is 2.43. The average Bonchev–Trinajstić information content (AvgIpc) is 3.31. The fourth-order valence-corrected chi connectivity index (χ4v) is 5.12. The van der Waals surface area contributed by atoms with E-state index in [4.69, 9.17) is 12.2 Å². The number of aromatic nitrogens is 3. The van der Waals surface area contributed by atoms with Crippen LogP contribution >= 0.6 is 12.2 Å². The van der Waals surface area contributed by atoms with Crippen LogP contribution in [-0.4, -0.2) is 19.6 Å². The SMILES string of the molecule is Cc1ccc(N2C(=S)N[C@@H](c3ccccn3)[C@@H]2c2cc(C)n(-c3ncccc3C)c2C)cc1. The molecule has 4 heterocycles. The first kappa shape index (κ1) is 21.3. The summed E-state index contributed by atoms with van der Waals surface area (Å²) in [5.41, 5.74) is 7.91. The van der Waals surface area contributed by atoms with E-state index in [1.807, 2.05) is 30.6 Å². The number of benzene rings is 1. The standard InChI is InChI=1S/C27H27N5S/c1-17-10-12-21(13-11-17)32-25(24(30-27(32)33)23-9-5-6-14-28-23)22-16-19(3)31(20(22)4)26-18(2)8-7-15-29-26/h5-16,24-25H,1-4H3,(H,30,33)/t24-,25-/m0/s1. The molecule has 1 aliphatic rings. The molecule has 0 aliphatic carbocycles. The van der Waals surface area contributed by atoms with E-state index in [1.165, 1.54) is 11.1 Å². The predicted octanol–water partition coefficient (Wildman–Crippen LogP) is 5.68. The van der Waals surface area contributed by atoms with Crippen molar-refractivity contribution in [3.63, 3.8) is 0 Å². The van der Waals surface area contributed by atoms with Gasteiger partial charge in [0.15, 0.2) is 5.11 Å². The summed E-state index contributed by atoms with van der Waals surface area (Å²) < 4.78 is 2.24. The lowest BCUT2D eigenvalue weighted by Crippen LogP contribution is -2.29. The van der Waals surface area contributed by atoms with E-state index in [2.05, 4.69) is 94.9 Å². The van der Waals surface area contributed by atoms with Gasteiger partial charge in [0.2, 0.25) is 0 Å². The molecule has 0 unspecified atom stereocenters. The van der Waals surface area contributed by atoms with Gasteiger partial charge in [-0.05, 0) is 87.4 Å². The van der Waals surface area contributed by atoms with Crippen molar-refractivity contribution in [2.24, 2.45) is 0 Å². The molecule has 1 fully saturated rings. The molecule has 2 atom stereocenters. The third-order valence-electron chi connectivity index (χ3n) is 6.39. The van der Waals surface area contributed by atoms with Crippen molar-refractivity contribution < 1.29 is 0 Å². The van der Waals surface area contributed by atoms with E-state index in [0.717, 1.165) is 34.2 Å². The zero-order valence-corrected chi connectivity index (χ0v) is 20.1. The molecule has 166 valence electrons. The Bertz CT molecular complexity index is 1310. The maximum Gasteiger partial charge on any atom is 0.174 e. The second-order valence-corrected chi connectivity index (χ2v) is 9.02. The number of pyridine rings is 2. The molecule has 5 nitrogen and oxygen atoms in total. The first-order chi connectivity index (χ1) is 16.0. The summed E-state index contributed by atoms with van der Waals surface area (Å²) in [7, 11) is 0. The van der Waals surface area contributed by atoms with Crippen molar-refractivity contribution in [3.8, 4) is 5.82 Å². The van der Waals surface area contributed by atoms with Gasteiger partial charge in [0.1, 0.15) is 5.82 Å². The molecular formula is C27H27N5S. The highest BCUT2D eigenvalue weighted by molar-refractivity contribution is 7.80. The van der Waals surface area contributed by atoms with E-state index in [9.17, 15) is 0 Å². The zero-order valence-electron chi connectivity index (χ0n) is 19.3. The molecule has 1 saturated heterocycles. The number of nitrogens with one attached hydrogen (secondary N) is 1. The maximum absolute atomic E-state index is 5.87. The Hall–Kier alpha value is -3.51. The van der Waals surface area contributed by atoms with Crippen LogP contribution in [0.5, 0.6) is 0 Å². The molecule has 1 N–H and O–H groups in total. The molecule has 3 aromatic heterocycles. The fraction of sp³-hybridized carbons (Fsp3) is 0.222. The highest BCUT2D eigenvalue weighted by Gasteiger charge is 2.42. The van der Waals surface area contributed by atoms with Gasteiger partial charge in [-0.3, -0.25) is 4.98 Å². The maximum atomic E-state index is 5.87. The van der Waals surface area contributed by atoms with Crippen LogP contribution in [0.3, 0.4) is 0 Å². The Morgan fingerprint density at radius 1 is 0.879 bits per heavy atom. The molecule has 6 heteroatoms. The van der Waals surface area contributed by atoms with Crippen LogP contribution in [-0.2, 0) is 0 Å². The van der Waals surface area contributed by atoms with Gasteiger partial charge in [0, 0.05) is 29.5 Å². The van der Waals surface area contributed by atoms with Crippen molar-refractivity contribution in [2.45, 2.75) is 39.8 Å². The van der Waals surface area contributed by atoms with Gasteiger partial charge in [-0.15, -0.1) is 0 Å². The number of aryl methyl sites for hydroxylation is 3. The number of thiocarbonyl (C=S) groups is 1. The van der Waals surface area contributed by atoms with Crippen LogP contribution in [0.15, 0.2) is 73.1 Å². The highest BCUT2D eigenvalue weighted by atomic mass is 32.1. The van der Waals surface area contributed by atoms with E-state index in [0.29, 0.717) is 5.11 Å². The minimum atomic E-state index is -0.0706. The lowest BCUT2D eigenvalue weighted by molar-refractivity contribution is 0.565. The minimum absolute atomic E-state index is 0.0425. The molecule has 0 spiro atoms. The van der Waals surface area contributed by atoms with Gasteiger partial charge >= 0.3 is 0 Å². The Labute approximate surface area is 200 Å². The lowest BCUT2D eigenvalue weighted by Gasteiger charge is -2.28. The topological polar surface area (TPSA) is 46.0 Å². The van der Waals surface area contributed by atoms with Gasteiger partial charge < -0.3 is 14.8 Å². The predicted molar refractivity (Wildman–Crippen MR) is 137 cm³/mol. The normalized spacial score (nSPS) is 17.9. The Morgan fingerprint density at radius 2 is 1.64 bits per heavy atom. The second-order valence-electron chi connectivity index (χ2n) is 8.64. The number of nitrogens with zero attached hydrogens (tertiary/aromatic N) is 4. The molecule has 0 bridgehead atoms. The van der Waals surface area contributed by atoms with E-state index in [1.54, 1.807) is 0 Å². The first-order valence-electron chi connectivity index (χ1n) is 11.1. The zero-order chi connectivity index (χ0) is 23.1. The smallest absolute Gasteiger partial charge is 0.174 e. The Kier molecular flexibility index (Phi) is 5.46. The third-order valence-corrected chi connectivity index (χ3v) is 6.71. The van der Waals surface area contributed by atoms with Crippen LogP contribution in [0, 0.1) is 27.7 Å². The van der Waals surface area contributed by atoms with Crippen LogP contribution in [0.4, 0.5) is 5.69 Å². The van der Waals surface area contributed by atoms with Crippen LogP contribution in [0.1, 0.15) is 45.9 Å². The summed E-state index contributed by atoms with van der Waals surface area (Å²) in [6.07, 6.45) is 3.69. The molecule has 1 aliphatic heterocycles. The number of hydrogen-bond acceptors (Lipinski definition) is 3. The number of hydrogen-bond donors (Lipinski definition) is 1. The minimum Gasteiger partial charge on any atom is -0.351 e. The summed E-state index contributed by atoms with van der Waals surface area (Å²) in [5, 5.41) is 4.27. The number of rotatable bonds is 4. The quantitative estimate of drug-likeness (QED) is 0.403. The first-order valence-corrected chi connectivity index (χ1v) is 11.5. The molecule has 0 radical (unpaired) electrons. The van der Waals surface area contributed by atoms with Crippen molar-refractivity contribution in [1.82, 2.24) is 19.9 Å². The van der Waals surface area contributed by atoms with Gasteiger partial charge in [-0.1, -0.05) is 29.8 Å². The van der Waals surface area contributed by atoms with Gasteiger partial charge in [0.05, 0.1) is 17.8 Å². The fourth-order valence-electron chi connectivity index (χ4n) is 4.78. The molecule has 1 aromatic carbocycles. The molecule has 4 aromatic rings. The van der Waals surface area contributed by atoms with Crippen LogP contribution < -0.4 is 10.2 Å². The third kappa shape index (κ3) is 3.70. The van der Waals surface area contributed by atoms with E-state index < -0.39 is 0 Å². The molecule has 0 amide bonds. The van der Waals surface area contributed by atoms with Gasteiger partial charge in [-0.25, -0.2) is 4.98 Å². The molecule has 0 saturated carbocycles. The van der Waals surface area contributed by atoms with Crippen molar-refractivity contribution in [1.29, 1.82) is 0 Å². The van der Waals surface area contributed by atoms with Gasteiger partial charge in [0.25, 0.3) is 0 Å². The Morgan fingerprint density at radius 3 is 2.33 bits per heavy atom. The summed E-state index contributed by atoms with van der Waals surface area (Å²) >= 11 is 5.87. The molecule has 33 heavy (non-hydrogen) atoms. The van der Waals surface area contributed by atoms with Crippen molar-refractivity contribution in [3.05, 3.63) is 107 Å². The van der Waals surface area contributed by atoms with E-state index >= 15 is 0 Å². The lowest BCUT2D eigenvalue weighted by atomic mass is 9.96.